The topological polar surface area (TPSA) is 84.6 Å². The summed E-state index contributed by atoms with van der Waals surface area (Å²) in [7, 11) is -4.47. The Hall–Kier alpha value is -3.75. The Morgan fingerprint density at radius 3 is 1.03 bits per heavy atom. The Balaban J connectivity index is 4.35. The molecule has 1 rings (SSSR count). The number of hydroxylamine groups is 1. The third kappa shape index (κ3) is 8.06. The number of amides is 1. The first-order chi connectivity index (χ1) is 28.0. The fourth-order valence-electron chi connectivity index (χ4n) is 4.29. The highest BCUT2D eigenvalue weighted by Crippen LogP contribution is 2.67. The fourth-order valence-corrected chi connectivity index (χ4v) is 4.29. The Labute approximate surface area is 332 Å². The number of carbonyl (C=O) groups excluding carboxylic acids is 1. The summed E-state index contributed by atoms with van der Waals surface area (Å²) in [5.74, 6) is -127. The molecule has 0 bridgehead atoms. The number of carbonyl (C=O) groups is 1. The van der Waals surface area contributed by atoms with Crippen molar-refractivity contribution in [3.63, 3.8) is 0 Å². The molecule has 0 heterocycles. The Morgan fingerprint density at radius 1 is 0.462 bits per heavy atom. The van der Waals surface area contributed by atoms with Gasteiger partial charge in [0.2, 0.25) is 5.91 Å². The van der Waals surface area contributed by atoms with Crippen LogP contribution in [-0.2, 0) is 21.4 Å². The highest BCUT2D eigenvalue weighted by Gasteiger charge is 2.97. The molecule has 0 saturated carbocycles. The number of nitrogens with two attached hydrogens (primary N) is 1. The van der Waals surface area contributed by atoms with Gasteiger partial charge in [-0.2, -0.15) is 149 Å². The van der Waals surface area contributed by atoms with E-state index in [1.54, 1.807) is 0 Å². The van der Waals surface area contributed by atoms with E-state index >= 15 is 8.78 Å². The Bertz CT molecular complexity index is 1890. The normalized spacial score (nSPS) is 15.9. The van der Waals surface area contributed by atoms with E-state index in [1.807, 2.05) is 0 Å². The predicted molar refractivity (Wildman–Crippen MR) is 136 cm³/mol. The molecule has 0 aliphatic heterocycles. The molecular formula is C25H11BF34N2O3. The summed E-state index contributed by atoms with van der Waals surface area (Å²) in [6.45, 7) is -0.919. The molecule has 1 aromatic rings. The summed E-state index contributed by atoms with van der Waals surface area (Å²) in [5.41, 5.74) is -5.90. The maximum absolute atomic E-state index is 15.2. The average molecular weight is 1040 g/mol. The van der Waals surface area contributed by atoms with Gasteiger partial charge in [-0.3, -0.25) is 9.55 Å². The van der Waals surface area contributed by atoms with Gasteiger partial charge >= 0.3 is 102 Å². The van der Waals surface area contributed by atoms with Gasteiger partial charge < -0.3 is 10.8 Å². The largest absolute Gasteiger partial charge is 0.514 e. The molecule has 4 N–H and O–H groups in total. The van der Waals surface area contributed by atoms with Crippen LogP contribution in [0.5, 0.6) is 0 Å². The summed E-state index contributed by atoms with van der Waals surface area (Å²) in [5, 5.41) is 9.90. The summed E-state index contributed by atoms with van der Waals surface area (Å²) in [6, 6.07) is -5.69. The molecule has 5 nitrogen and oxygen atoms in total. The van der Waals surface area contributed by atoms with Crippen LogP contribution in [0.4, 0.5) is 149 Å². The average Bonchev–Trinajstić information content (AvgIpc) is 3.11. The zero-order chi connectivity index (χ0) is 52.8. The second-order valence-electron chi connectivity index (χ2n) is 12.4. The summed E-state index contributed by atoms with van der Waals surface area (Å²) < 4.78 is 473. The minimum absolute atomic E-state index is 0.637. The molecule has 1 amide bonds. The van der Waals surface area contributed by atoms with Gasteiger partial charge in [0.1, 0.15) is 0 Å². The molecule has 0 radical (unpaired) electrons. The highest BCUT2D eigenvalue weighted by atomic mass is 19.4. The highest BCUT2D eigenvalue weighted by molar-refractivity contribution is 6.60. The van der Waals surface area contributed by atoms with E-state index in [2.05, 4.69) is 4.76 Å². The molecular weight excluding hydrogens is 1030 g/mol. The van der Waals surface area contributed by atoms with Crippen molar-refractivity contribution in [1.29, 1.82) is 0 Å². The SMILES string of the molecule is NCCC(=O)NOB(O)c1cc(C(F)(F)C(F)(F)C(F)(F)C(F)(F)C(F)(F)C(F)(F)C(F)(F)C(F)(F)F)ccc1C(F)(F)C(F)(F)C(F)(F)C(F)(F)C(F)(F)C(F)(F)C(F)(F)C(F)(F)F. The number of halogens is 34. The van der Waals surface area contributed by atoms with E-state index < -0.39 is 156 Å². The predicted octanol–water partition coefficient (Wildman–Crippen LogP) is 9.70. The number of hydrogen-bond donors (Lipinski definition) is 3. The fraction of sp³-hybridized carbons (Fsp3) is 0.720. The first-order valence-corrected chi connectivity index (χ1v) is 14.9. The lowest BCUT2D eigenvalue weighted by Crippen LogP contribution is -2.74. The van der Waals surface area contributed by atoms with Crippen molar-refractivity contribution in [3.8, 4) is 0 Å². The van der Waals surface area contributed by atoms with Gasteiger partial charge in [0.15, 0.2) is 0 Å². The van der Waals surface area contributed by atoms with Crippen molar-refractivity contribution in [2.75, 3.05) is 6.54 Å². The maximum atomic E-state index is 15.2. The number of benzene rings is 1. The van der Waals surface area contributed by atoms with Crippen LogP contribution >= 0.6 is 0 Å². The standard InChI is InChI=1S/C25H11BF34N2O3/c27-10(28,12(31,32)14(35,36)16(39,40)18(43,44)20(47,48)22(51,52)24(55,56)57)6-1-2-7(8(5-6)26(64)65-62-9(63)3-4-61)11(29,30)13(33,34)15(37,38)17(41,42)19(45,46)21(49,50)23(53,54)25(58,59)60/h1-2,5,64H,3-4,61H2,(H,62,63). The van der Waals surface area contributed by atoms with E-state index in [0.29, 0.717) is 5.48 Å². The van der Waals surface area contributed by atoms with Crippen molar-refractivity contribution in [2.24, 2.45) is 5.73 Å². The van der Waals surface area contributed by atoms with E-state index in [0.717, 1.165) is 0 Å². The van der Waals surface area contributed by atoms with Crippen molar-refractivity contribution in [2.45, 2.75) is 102 Å². The van der Waals surface area contributed by atoms with Crippen molar-refractivity contribution in [3.05, 3.63) is 29.3 Å². The van der Waals surface area contributed by atoms with Gasteiger partial charge in [0.25, 0.3) is 0 Å². The van der Waals surface area contributed by atoms with Crippen LogP contribution in [0.25, 0.3) is 0 Å². The van der Waals surface area contributed by atoms with Gasteiger partial charge in [0.05, 0.1) is 0 Å². The minimum atomic E-state index is -9.41. The van der Waals surface area contributed by atoms with E-state index in [-0.39, 0.29) is 0 Å². The smallest absolute Gasteiger partial charge is 0.422 e. The summed E-state index contributed by atoms with van der Waals surface area (Å²) in [4.78, 5) is 11.5. The molecule has 40 heteroatoms. The van der Waals surface area contributed by atoms with Gasteiger partial charge in [-0.1, -0.05) is 18.2 Å². The minimum Gasteiger partial charge on any atom is -0.422 e. The van der Waals surface area contributed by atoms with Gasteiger partial charge in [-0.15, -0.1) is 0 Å². The molecule has 0 fully saturated rings. The van der Waals surface area contributed by atoms with E-state index in [4.69, 9.17) is 5.73 Å². The molecule has 65 heavy (non-hydrogen) atoms. The van der Waals surface area contributed by atoms with Crippen LogP contribution in [0.15, 0.2) is 18.2 Å². The van der Waals surface area contributed by atoms with E-state index in [9.17, 15) is 150 Å². The van der Waals surface area contributed by atoms with E-state index in [1.165, 1.54) is 0 Å². The van der Waals surface area contributed by atoms with Crippen molar-refractivity contribution in [1.82, 2.24) is 5.48 Å². The number of alkyl halides is 34. The molecule has 1 aromatic carbocycles. The third-order valence-corrected chi connectivity index (χ3v) is 8.12. The van der Waals surface area contributed by atoms with Crippen LogP contribution < -0.4 is 16.7 Å². The lowest BCUT2D eigenvalue weighted by Gasteiger charge is -2.43. The van der Waals surface area contributed by atoms with Crippen LogP contribution in [0.3, 0.4) is 0 Å². The number of hydrogen-bond acceptors (Lipinski definition) is 4. The van der Waals surface area contributed by atoms with Gasteiger partial charge in [-0.05, 0) is 5.46 Å². The van der Waals surface area contributed by atoms with Gasteiger partial charge in [0, 0.05) is 24.1 Å². The zero-order valence-electron chi connectivity index (χ0n) is 28.9. The third-order valence-electron chi connectivity index (χ3n) is 8.12. The molecule has 0 aromatic heterocycles. The first-order valence-electron chi connectivity index (χ1n) is 14.9. The van der Waals surface area contributed by atoms with Crippen molar-refractivity contribution < 1.29 is 164 Å². The van der Waals surface area contributed by atoms with Gasteiger partial charge in [-0.25, -0.2) is 5.48 Å². The number of nitrogens with one attached hydrogen (secondary N) is 1. The lowest BCUT2D eigenvalue weighted by molar-refractivity contribution is -0.462. The molecule has 0 spiro atoms. The molecule has 0 atom stereocenters. The summed E-state index contributed by atoms with van der Waals surface area (Å²) in [6.07, 6.45) is -17.7. The quantitative estimate of drug-likeness (QED) is 0.0733. The molecule has 0 unspecified atom stereocenters. The molecule has 380 valence electrons. The second-order valence-corrected chi connectivity index (χ2v) is 12.4. The maximum Gasteiger partial charge on any atom is 0.514 e. The van der Waals surface area contributed by atoms with Crippen LogP contribution in [-0.4, -0.2) is 108 Å². The zero-order valence-corrected chi connectivity index (χ0v) is 28.9. The molecule has 0 aliphatic carbocycles. The monoisotopic (exact) mass is 1040 g/mol. The Morgan fingerprint density at radius 2 is 0.738 bits per heavy atom. The first kappa shape index (κ1) is 59.3. The van der Waals surface area contributed by atoms with Crippen LogP contribution in [0.2, 0.25) is 0 Å². The number of rotatable bonds is 19. The molecule has 0 aliphatic rings. The van der Waals surface area contributed by atoms with Crippen LogP contribution in [0.1, 0.15) is 17.5 Å². The van der Waals surface area contributed by atoms with Crippen molar-refractivity contribution >= 4 is 18.5 Å². The lowest BCUT2D eigenvalue weighted by atomic mass is 9.72. The second kappa shape index (κ2) is 16.2. The molecule has 0 saturated heterocycles. The van der Waals surface area contributed by atoms with Crippen LogP contribution in [0, 0.1) is 0 Å². The summed E-state index contributed by atoms with van der Waals surface area (Å²) >= 11 is 0. The Kier molecular flexibility index (Phi) is 14.8.